The minimum atomic E-state index is -1.16. The lowest BCUT2D eigenvalue weighted by atomic mass is 9.64. The number of carbonyl (C=O) groups excluding carboxylic acids is 3. The first-order valence-electron chi connectivity index (χ1n) is 16.1. The molecule has 1 aromatic rings. The molecule has 3 aliphatic heterocycles. The lowest BCUT2D eigenvalue weighted by Gasteiger charge is -2.41. The zero-order chi connectivity index (χ0) is 31.5. The molecule has 0 aromatic heterocycles. The van der Waals surface area contributed by atoms with E-state index in [-0.39, 0.29) is 42.8 Å². The third-order valence-corrected chi connectivity index (χ3v) is 9.96. The summed E-state index contributed by atoms with van der Waals surface area (Å²) in [7, 11) is 0. The fourth-order valence-electron chi connectivity index (χ4n) is 8.11. The van der Waals surface area contributed by atoms with Gasteiger partial charge in [0, 0.05) is 24.8 Å². The second-order valence-corrected chi connectivity index (χ2v) is 13.0. The number of hydrogen-bond donors (Lipinski definition) is 1. The molecule has 3 heterocycles. The van der Waals surface area contributed by atoms with Gasteiger partial charge in [-0.05, 0) is 57.1 Å². The zero-order valence-corrected chi connectivity index (χ0v) is 26.7. The third kappa shape index (κ3) is 5.57. The highest BCUT2D eigenvalue weighted by Crippen LogP contribution is 2.65. The molecule has 2 bridgehead atoms. The summed E-state index contributed by atoms with van der Waals surface area (Å²) in [5.41, 5.74) is -1.29. The minimum Gasteiger partial charge on any atom is -0.394 e. The van der Waals surface area contributed by atoms with Crippen molar-refractivity contribution >= 4 is 23.4 Å². The Labute approximate surface area is 257 Å². The van der Waals surface area contributed by atoms with Crippen LogP contribution in [0.3, 0.4) is 0 Å². The summed E-state index contributed by atoms with van der Waals surface area (Å²) in [4.78, 5) is 49.4. The molecule has 0 radical (unpaired) electrons. The summed E-state index contributed by atoms with van der Waals surface area (Å²) in [6.07, 6.45) is 7.28. The van der Waals surface area contributed by atoms with E-state index < -0.39 is 35.1 Å². The summed E-state index contributed by atoms with van der Waals surface area (Å²) in [6.45, 7) is 18.4. The third-order valence-electron chi connectivity index (χ3n) is 9.96. The Morgan fingerprint density at radius 1 is 1.09 bits per heavy atom. The Balaban J connectivity index is 1.87. The van der Waals surface area contributed by atoms with Crippen molar-refractivity contribution in [1.82, 2.24) is 9.80 Å². The lowest BCUT2D eigenvalue weighted by molar-refractivity contribution is -0.157. The van der Waals surface area contributed by atoms with Gasteiger partial charge in [-0.3, -0.25) is 14.4 Å². The van der Waals surface area contributed by atoms with Gasteiger partial charge < -0.3 is 24.5 Å². The number of likely N-dealkylation sites (tertiary alicyclic amines) is 1. The molecule has 43 heavy (non-hydrogen) atoms. The molecule has 1 aromatic carbocycles. The molecule has 3 amide bonds. The maximum Gasteiger partial charge on any atom is 0.248 e. The molecule has 3 fully saturated rings. The molecular weight excluding hydrogens is 542 g/mol. The molecule has 3 saturated heterocycles. The number of rotatable bonds is 15. The maximum atomic E-state index is 14.8. The van der Waals surface area contributed by atoms with Crippen LogP contribution in [0.1, 0.15) is 73.1 Å². The van der Waals surface area contributed by atoms with Crippen LogP contribution in [0, 0.1) is 17.8 Å². The van der Waals surface area contributed by atoms with E-state index in [9.17, 15) is 19.5 Å². The zero-order valence-electron chi connectivity index (χ0n) is 26.7. The van der Waals surface area contributed by atoms with Gasteiger partial charge in [0.2, 0.25) is 17.7 Å². The van der Waals surface area contributed by atoms with Crippen LogP contribution in [-0.4, -0.2) is 81.7 Å². The Morgan fingerprint density at radius 3 is 2.33 bits per heavy atom. The minimum absolute atomic E-state index is 0.0714. The summed E-state index contributed by atoms with van der Waals surface area (Å²) in [6, 6.07) is 7.85. The van der Waals surface area contributed by atoms with Gasteiger partial charge in [0.15, 0.2) is 0 Å². The van der Waals surface area contributed by atoms with E-state index in [4.69, 9.17) is 4.74 Å². The number of para-hydroxylation sites is 1. The predicted octanol–water partition coefficient (Wildman–Crippen LogP) is 4.97. The van der Waals surface area contributed by atoms with Crippen LogP contribution in [0.4, 0.5) is 5.69 Å². The Hall–Kier alpha value is -2.97. The number of nitrogens with zero attached hydrogens (tertiary/aromatic N) is 3. The van der Waals surface area contributed by atoms with Crippen molar-refractivity contribution in [3.63, 3.8) is 0 Å². The van der Waals surface area contributed by atoms with Crippen molar-refractivity contribution in [1.29, 1.82) is 0 Å². The van der Waals surface area contributed by atoms with Crippen LogP contribution < -0.4 is 4.90 Å². The standard InChI is InChI=1S/C35H51N3O5/c1-8-15-25(7)36(20-9-2)33(42)30-35-19-18-34(11-4,43-35)28(29(35)32(41)38(30)27(23-39)22-24(5)6)31(40)37(21-10-3)26-16-13-12-14-17-26/h9-10,12-14,16-17,24-25,27-30,39H,2-3,8,11,15,18-23H2,1,4-7H3/t25?,27-,28-,29+,30?,34+,35?/m1/s1. The average Bonchev–Trinajstić information content (AvgIpc) is 3.60. The second kappa shape index (κ2) is 13.3. The second-order valence-electron chi connectivity index (χ2n) is 13.0. The molecule has 8 nitrogen and oxygen atoms in total. The van der Waals surface area contributed by atoms with Crippen LogP contribution in [0.5, 0.6) is 0 Å². The van der Waals surface area contributed by atoms with Gasteiger partial charge in [0.05, 0.1) is 30.1 Å². The number of benzene rings is 1. The Bertz CT molecular complexity index is 1190. The molecule has 3 unspecified atom stereocenters. The van der Waals surface area contributed by atoms with Gasteiger partial charge in [-0.1, -0.05) is 64.5 Å². The molecule has 1 N–H and O–H groups in total. The predicted molar refractivity (Wildman–Crippen MR) is 169 cm³/mol. The van der Waals surface area contributed by atoms with Crippen LogP contribution in [0.25, 0.3) is 0 Å². The molecule has 0 aliphatic carbocycles. The summed E-state index contributed by atoms with van der Waals surface area (Å²) < 4.78 is 7.03. The topological polar surface area (TPSA) is 90.4 Å². The van der Waals surface area contributed by atoms with E-state index in [1.807, 2.05) is 58.0 Å². The van der Waals surface area contributed by atoms with E-state index in [0.717, 1.165) is 18.5 Å². The Kier molecular flexibility index (Phi) is 10.2. The van der Waals surface area contributed by atoms with Crippen molar-refractivity contribution in [3.8, 4) is 0 Å². The molecule has 236 valence electrons. The van der Waals surface area contributed by atoms with Gasteiger partial charge in [-0.25, -0.2) is 0 Å². The largest absolute Gasteiger partial charge is 0.394 e. The number of hydrogen-bond acceptors (Lipinski definition) is 5. The molecule has 4 rings (SSSR count). The van der Waals surface area contributed by atoms with Gasteiger partial charge in [-0.2, -0.15) is 0 Å². The molecule has 0 saturated carbocycles. The molecule has 1 spiro atoms. The van der Waals surface area contributed by atoms with Crippen molar-refractivity contribution in [2.75, 3.05) is 24.6 Å². The van der Waals surface area contributed by atoms with E-state index >= 15 is 0 Å². The van der Waals surface area contributed by atoms with E-state index in [1.165, 1.54) is 0 Å². The summed E-state index contributed by atoms with van der Waals surface area (Å²) >= 11 is 0. The summed E-state index contributed by atoms with van der Waals surface area (Å²) in [5, 5.41) is 10.6. The first-order valence-corrected chi connectivity index (χ1v) is 16.1. The lowest BCUT2D eigenvalue weighted by Crippen LogP contribution is -2.60. The molecule has 3 aliphatic rings. The summed E-state index contributed by atoms with van der Waals surface area (Å²) in [5.74, 6) is -2.05. The highest BCUT2D eigenvalue weighted by Gasteiger charge is 2.79. The number of aliphatic hydroxyl groups excluding tert-OH is 1. The first-order chi connectivity index (χ1) is 20.6. The van der Waals surface area contributed by atoms with Crippen molar-refractivity contribution < 1.29 is 24.2 Å². The van der Waals surface area contributed by atoms with E-state index in [1.54, 1.807) is 26.9 Å². The van der Waals surface area contributed by atoms with Gasteiger partial charge in [0.25, 0.3) is 0 Å². The van der Waals surface area contributed by atoms with Gasteiger partial charge in [-0.15, -0.1) is 13.2 Å². The maximum absolute atomic E-state index is 14.8. The Morgan fingerprint density at radius 2 is 1.77 bits per heavy atom. The molecule has 7 atom stereocenters. The molecular formula is C35H51N3O5. The average molecular weight is 594 g/mol. The van der Waals surface area contributed by atoms with Crippen LogP contribution >= 0.6 is 0 Å². The van der Waals surface area contributed by atoms with Crippen LogP contribution in [0.15, 0.2) is 55.6 Å². The normalized spacial score (nSPS) is 29.0. The first kappa shape index (κ1) is 32.9. The van der Waals surface area contributed by atoms with Crippen molar-refractivity contribution in [2.24, 2.45) is 17.8 Å². The fraction of sp³-hybridized carbons (Fsp3) is 0.629. The highest BCUT2D eigenvalue weighted by molar-refractivity contribution is 6.03. The fourth-order valence-corrected chi connectivity index (χ4v) is 8.11. The number of aliphatic hydroxyl groups is 1. The van der Waals surface area contributed by atoms with Gasteiger partial charge in [0.1, 0.15) is 11.6 Å². The highest BCUT2D eigenvalue weighted by atomic mass is 16.5. The van der Waals surface area contributed by atoms with E-state index in [2.05, 4.69) is 20.1 Å². The smallest absolute Gasteiger partial charge is 0.248 e. The number of amides is 3. The molecule has 8 heteroatoms. The van der Waals surface area contributed by atoms with E-state index in [0.29, 0.717) is 32.2 Å². The van der Waals surface area contributed by atoms with Crippen molar-refractivity contribution in [2.45, 2.75) is 102 Å². The number of fused-ring (bicyclic) bond motifs is 1. The number of ether oxygens (including phenoxy) is 1. The van der Waals surface area contributed by atoms with Gasteiger partial charge >= 0.3 is 0 Å². The van der Waals surface area contributed by atoms with Crippen LogP contribution in [0.2, 0.25) is 0 Å². The SMILES string of the molecule is C=CCN(C(=O)[C@H]1[C@H]2C(=O)N([C@@H](CO)CC(C)C)C(C(=O)N(CC=C)C(C)CCC)C23CC[C@]1(CC)O3)c1ccccc1. The quantitative estimate of drug-likeness (QED) is 0.290. The van der Waals surface area contributed by atoms with Crippen molar-refractivity contribution in [3.05, 3.63) is 55.6 Å². The number of anilines is 1. The number of carbonyl (C=O) groups is 3. The van der Waals surface area contributed by atoms with Crippen LogP contribution in [-0.2, 0) is 19.1 Å². The monoisotopic (exact) mass is 593 g/mol.